The molecule has 0 aromatic heterocycles. The molecule has 4 N–H and O–H groups in total. The van der Waals surface area contributed by atoms with Crippen LogP contribution in [0.5, 0.6) is 11.5 Å². The van der Waals surface area contributed by atoms with Crippen LogP contribution in [0.3, 0.4) is 0 Å². The van der Waals surface area contributed by atoms with Gasteiger partial charge in [0.15, 0.2) is 0 Å². The van der Waals surface area contributed by atoms with E-state index in [9.17, 15) is 20.4 Å². The molecule has 0 saturated carbocycles. The van der Waals surface area contributed by atoms with Crippen molar-refractivity contribution in [2.24, 2.45) is 11.8 Å². The first kappa shape index (κ1) is 24.3. The summed E-state index contributed by atoms with van der Waals surface area (Å²) >= 11 is 0. The zero-order valence-corrected chi connectivity index (χ0v) is 20.2. The lowest BCUT2D eigenvalue weighted by atomic mass is 9.97. The van der Waals surface area contributed by atoms with Crippen LogP contribution in [0.2, 0.25) is 0 Å². The molecule has 0 spiro atoms. The van der Waals surface area contributed by atoms with E-state index in [2.05, 4.69) is 0 Å². The van der Waals surface area contributed by atoms with E-state index < -0.39 is 0 Å². The van der Waals surface area contributed by atoms with E-state index in [0.29, 0.717) is 13.2 Å². The second-order valence-electron chi connectivity index (χ2n) is 11.1. The van der Waals surface area contributed by atoms with Crippen LogP contribution in [0.15, 0.2) is 24.3 Å². The molecule has 2 unspecified atom stereocenters. The lowest BCUT2D eigenvalue weighted by Crippen LogP contribution is -2.53. The van der Waals surface area contributed by atoms with Gasteiger partial charge in [-0.15, -0.1) is 0 Å². The van der Waals surface area contributed by atoms with E-state index >= 15 is 0 Å². The summed E-state index contributed by atoms with van der Waals surface area (Å²) in [4.78, 5) is 0. The predicted molar refractivity (Wildman–Crippen MR) is 126 cm³/mol. The molecular formula is C26H42N2O6+2. The molecule has 8 nitrogen and oxygen atoms in total. The molecule has 34 heavy (non-hydrogen) atoms. The number of nitrogens with zero attached hydrogens (tertiary/aromatic N) is 2. The fourth-order valence-corrected chi connectivity index (χ4v) is 7.87. The Bertz CT molecular complexity index is 778. The summed E-state index contributed by atoms with van der Waals surface area (Å²) in [6, 6.07) is 8.06. The van der Waals surface area contributed by atoms with Crippen molar-refractivity contribution in [3.8, 4) is 11.5 Å². The molecule has 0 bridgehead atoms. The third-order valence-corrected chi connectivity index (χ3v) is 9.54. The number of quaternary nitrogens is 2. The van der Waals surface area contributed by atoms with Gasteiger partial charge in [0.2, 0.25) is 0 Å². The van der Waals surface area contributed by atoms with Gasteiger partial charge in [-0.1, -0.05) is 6.07 Å². The van der Waals surface area contributed by atoms with Crippen LogP contribution in [-0.2, 0) is 0 Å². The van der Waals surface area contributed by atoms with Crippen molar-refractivity contribution in [3.05, 3.63) is 24.3 Å². The Labute approximate surface area is 202 Å². The van der Waals surface area contributed by atoms with Crippen LogP contribution in [0.25, 0.3) is 0 Å². The Morgan fingerprint density at radius 1 is 0.706 bits per heavy atom. The van der Waals surface area contributed by atoms with Crippen molar-refractivity contribution in [1.82, 2.24) is 0 Å². The fraction of sp³-hybridized carbons (Fsp3) is 0.769. The number of rotatable bonds is 10. The van der Waals surface area contributed by atoms with E-state index in [4.69, 9.17) is 9.47 Å². The average molecular weight is 479 g/mol. The molecule has 190 valence electrons. The third-order valence-electron chi connectivity index (χ3n) is 9.54. The summed E-state index contributed by atoms with van der Waals surface area (Å²) in [5.41, 5.74) is 0. The van der Waals surface area contributed by atoms with E-state index in [0.717, 1.165) is 85.4 Å². The van der Waals surface area contributed by atoms with Crippen molar-refractivity contribution < 1.29 is 38.9 Å². The zero-order valence-electron chi connectivity index (χ0n) is 20.2. The van der Waals surface area contributed by atoms with Crippen LogP contribution >= 0.6 is 0 Å². The number of fused-ring (bicyclic) bond motifs is 2. The zero-order chi connectivity index (χ0) is 23.8. The van der Waals surface area contributed by atoms with Gasteiger partial charge < -0.3 is 38.9 Å². The van der Waals surface area contributed by atoms with E-state index in [1.807, 2.05) is 24.3 Å². The number of ether oxygens (including phenoxy) is 2. The van der Waals surface area contributed by atoms with Gasteiger partial charge in [0.1, 0.15) is 62.1 Å². The number of aliphatic hydroxyl groups excluding tert-OH is 4. The van der Waals surface area contributed by atoms with Crippen LogP contribution in [-0.4, -0.2) is 119 Å². The minimum Gasteiger partial charge on any atom is -0.488 e. The Hall–Kier alpha value is -1.42. The molecule has 4 aliphatic rings. The molecule has 8 heteroatoms. The standard InChI is InChI=1S/C26H42N2O6/c29-17-19-4-8-27(10-6-23(31)25(19)27)12-14-33-21-2-1-3-22(16-21)34-15-13-28-9-5-20(18-30)26(28)24(32)7-11-28/h1-3,16,19-20,23-26,29-32H,4-15,17-18H2/q+2/t19-,20-,23-,24-,25-,26+,27?,28?/m1/s1. The molecule has 4 fully saturated rings. The molecule has 0 radical (unpaired) electrons. The monoisotopic (exact) mass is 478 g/mol. The minimum absolute atomic E-state index is 0.139. The summed E-state index contributed by atoms with van der Waals surface area (Å²) in [7, 11) is 0. The second-order valence-corrected chi connectivity index (χ2v) is 11.1. The van der Waals surface area contributed by atoms with Crippen molar-refractivity contribution in [1.29, 1.82) is 0 Å². The lowest BCUT2D eigenvalue weighted by Gasteiger charge is -2.36. The molecule has 8 atom stereocenters. The maximum Gasteiger partial charge on any atom is 0.137 e. The van der Waals surface area contributed by atoms with E-state index in [-0.39, 0.29) is 49.3 Å². The van der Waals surface area contributed by atoms with Gasteiger partial charge in [-0.05, 0) is 12.1 Å². The number of hydrogen-bond donors (Lipinski definition) is 4. The van der Waals surface area contributed by atoms with Crippen LogP contribution in [0.1, 0.15) is 25.7 Å². The van der Waals surface area contributed by atoms with Gasteiger partial charge in [0, 0.05) is 43.6 Å². The maximum atomic E-state index is 10.5. The van der Waals surface area contributed by atoms with Gasteiger partial charge in [-0.2, -0.15) is 0 Å². The normalized spacial score (nSPS) is 40.9. The molecule has 1 aromatic rings. The maximum absolute atomic E-state index is 10.5. The van der Waals surface area contributed by atoms with Gasteiger partial charge in [-0.25, -0.2) is 0 Å². The predicted octanol–water partition coefficient (Wildman–Crippen LogP) is 0.369. The summed E-state index contributed by atoms with van der Waals surface area (Å²) < 4.78 is 13.9. The SMILES string of the molecule is OC[C@H]1CC[N+]2(CCOc3cccc(OCC[N+]45CC[C@H](CO)[C@H]4[C@H](O)CC5)c3)CC[C@@H](O)[C@@H]12. The summed E-state index contributed by atoms with van der Waals surface area (Å²) in [6.45, 7) is 7.09. The summed E-state index contributed by atoms with van der Waals surface area (Å²) in [5, 5.41) is 40.4. The van der Waals surface area contributed by atoms with Gasteiger partial charge in [0.25, 0.3) is 0 Å². The first-order valence-electron chi connectivity index (χ1n) is 13.2. The van der Waals surface area contributed by atoms with Crippen molar-refractivity contribution >= 4 is 0 Å². The lowest BCUT2D eigenvalue weighted by molar-refractivity contribution is -0.930. The molecule has 4 aliphatic heterocycles. The molecule has 4 saturated heterocycles. The first-order valence-corrected chi connectivity index (χ1v) is 13.2. The quantitative estimate of drug-likeness (QED) is 0.363. The van der Waals surface area contributed by atoms with Crippen molar-refractivity contribution in [3.63, 3.8) is 0 Å². The summed E-state index contributed by atoms with van der Waals surface area (Å²) in [6.07, 6.45) is 2.92. The topological polar surface area (TPSA) is 99.4 Å². The van der Waals surface area contributed by atoms with E-state index in [1.54, 1.807) is 0 Å². The Morgan fingerprint density at radius 3 is 1.59 bits per heavy atom. The Kier molecular flexibility index (Phi) is 7.08. The number of benzene rings is 1. The van der Waals surface area contributed by atoms with Gasteiger partial charge >= 0.3 is 0 Å². The first-order chi connectivity index (χ1) is 16.5. The number of aliphatic hydroxyl groups is 4. The van der Waals surface area contributed by atoms with Crippen LogP contribution < -0.4 is 9.47 Å². The van der Waals surface area contributed by atoms with Crippen LogP contribution in [0.4, 0.5) is 0 Å². The molecule has 5 rings (SSSR count). The molecular weight excluding hydrogens is 436 g/mol. The summed E-state index contributed by atoms with van der Waals surface area (Å²) in [5.74, 6) is 1.96. The highest BCUT2D eigenvalue weighted by Gasteiger charge is 2.56. The molecule has 4 heterocycles. The molecule has 0 aliphatic carbocycles. The highest BCUT2D eigenvalue weighted by molar-refractivity contribution is 5.32. The van der Waals surface area contributed by atoms with E-state index in [1.165, 1.54) is 0 Å². The third kappa shape index (κ3) is 4.33. The Morgan fingerprint density at radius 2 is 1.15 bits per heavy atom. The van der Waals surface area contributed by atoms with Crippen molar-refractivity contribution in [2.75, 3.05) is 65.7 Å². The van der Waals surface area contributed by atoms with Crippen molar-refractivity contribution in [2.45, 2.75) is 50.0 Å². The smallest absolute Gasteiger partial charge is 0.137 e. The minimum atomic E-state index is -0.317. The van der Waals surface area contributed by atoms with Crippen LogP contribution in [0, 0.1) is 11.8 Å². The van der Waals surface area contributed by atoms with Gasteiger partial charge in [0.05, 0.1) is 39.4 Å². The Balaban J connectivity index is 1.13. The average Bonchev–Trinajstić information content (AvgIpc) is 3.56. The largest absolute Gasteiger partial charge is 0.488 e. The second kappa shape index (κ2) is 9.91. The highest BCUT2D eigenvalue weighted by Crippen LogP contribution is 2.41. The molecule has 0 amide bonds. The molecule has 1 aromatic carbocycles. The van der Waals surface area contributed by atoms with Gasteiger partial charge in [-0.3, -0.25) is 0 Å². The number of hydrogen-bond acceptors (Lipinski definition) is 6. The fourth-order valence-electron chi connectivity index (χ4n) is 7.87. The highest BCUT2D eigenvalue weighted by atomic mass is 16.5.